The first kappa shape index (κ1) is 27.0. The van der Waals surface area contributed by atoms with Gasteiger partial charge >= 0.3 is 0 Å². The number of allylic oxidation sites excluding steroid dienone is 4. The van der Waals surface area contributed by atoms with Crippen LogP contribution < -0.4 is 0 Å². The van der Waals surface area contributed by atoms with Crippen molar-refractivity contribution in [2.75, 3.05) is 0 Å². The van der Waals surface area contributed by atoms with E-state index in [-0.39, 0.29) is 0 Å². The zero-order valence-electron chi connectivity index (χ0n) is 20.9. The Hall–Kier alpha value is -3.24. The highest BCUT2D eigenvalue weighted by atomic mass is 32.2. The number of aromatic nitrogens is 2. The zero-order chi connectivity index (χ0) is 24.8. The quantitative estimate of drug-likeness (QED) is 0.336. The van der Waals surface area contributed by atoms with E-state index in [1.807, 2.05) is 63.5 Å². The predicted molar refractivity (Wildman–Crippen MR) is 150 cm³/mol. The van der Waals surface area contributed by atoms with Gasteiger partial charge in [0.25, 0.3) is 0 Å². The van der Waals surface area contributed by atoms with Crippen molar-refractivity contribution in [2.45, 2.75) is 51.9 Å². The fraction of sp³-hybridized carbons (Fsp3) is 0.233. The summed E-state index contributed by atoms with van der Waals surface area (Å²) in [6.07, 6.45) is 17.4. The molecule has 1 aromatic carbocycles. The number of hydrogen-bond donors (Lipinski definition) is 0. The Balaban J connectivity index is 0.000000180. The van der Waals surface area contributed by atoms with Gasteiger partial charge in [-0.15, -0.1) is 0 Å². The van der Waals surface area contributed by atoms with Crippen LogP contribution in [0.1, 0.15) is 45.4 Å². The van der Waals surface area contributed by atoms with Crippen LogP contribution in [-0.2, 0) is 12.8 Å². The van der Waals surface area contributed by atoms with Crippen molar-refractivity contribution in [1.29, 1.82) is 0 Å². The van der Waals surface area contributed by atoms with Crippen molar-refractivity contribution in [1.82, 2.24) is 14.3 Å². The molecule has 1 aliphatic heterocycles. The number of imidazole rings is 1. The summed E-state index contributed by atoms with van der Waals surface area (Å²) < 4.78 is 2.04. The molecule has 0 bridgehead atoms. The van der Waals surface area contributed by atoms with Crippen molar-refractivity contribution in [3.8, 4) is 0 Å². The van der Waals surface area contributed by atoms with E-state index in [0.29, 0.717) is 0 Å². The Labute approximate surface area is 209 Å². The van der Waals surface area contributed by atoms with E-state index in [2.05, 4.69) is 82.5 Å². The number of rotatable bonds is 6. The Morgan fingerprint density at radius 3 is 2.44 bits per heavy atom. The van der Waals surface area contributed by atoms with Gasteiger partial charge in [-0.1, -0.05) is 81.6 Å². The molecule has 0 N–H and O–H groups in total. The third kappa shape index (κ3) is 8.60. The number of pyridine rings is 1. The maximum Gasteiger partial charge on any atom is 0.136 e. The molecule has 1 aliphatic rings. The van der Waals surface area contributed by atoms with Crippen LogP contribution in [0.5, 0.6) is 0 Å². The lowest BCUT2D eigenvalue weighted by Gasteiger charge is -2.18. The van der Waals surface area contributed by atoms with E-state index >= 15 is 0 Å². The maximum absolute atomic E-state index is 4.39. The van der Waals surface area contributed by atoms with E-state index in [1.54, 1.807) is 11.8 Å². The van der Waals surface area contributed by atoms with Gasteiger partial charge in [0.15, 0.2) is 0 Å². The minimum atomic E-state index is 1.00. The third-order valence-corrected chi connectivity index (χ3v) is 6.05. The highest BCUT2D eigenvalue weighted by molar-refractivity contribution is 8.02. The monoisotopic (exact) mass is 471 g/mol. The van der Waals surface area contributed by atoms with Gasteiger partial charge in [-0.25, -0.2) is 4.98 Å². The lowest BCUT2D eigenvalue weighted by Crippen LogP contribution is -2.08. The van der Waals surface area contributed by atoms with Crippen molar-refractivity contribution < 1.29 is 0 Å². The van der Waals surface area contributed by atoms with Crippen molar-refractivity contribution >= 4 is 17.4 Å². The van der Waals surface area contributed by atoms with Gasteiger partial charge in [0.1, 0.15) is 5.65 Å². The first-order valence-electron chi connectivity index (χ1n) is 11.8. The molecule has 0 radical (unpaired) electrons. The average Bonchev–Trinajstić information content (AvgIpc) is 3.30. The SMILES string of the molecule is C=C1C=CC=CN1/C=C(\C)CC.C=CSc1ccccc1CC.CCc1cn2ccccc2n1. The molecule has 34 heavy (non-hydrogen) atoms. The number of nitrogens with zero attached hydrogens (tertiary/aromatic N) is 3. The molecule has 0 aliphatic carbocycles. The first-order chi connectivity index (χ1) is 16.5. The minimum Gasteiger partial charge on any atom is -0.325 e. The summed E-state index contributed by atoms with van der Waals surface area (Å²) in [7, 11) is 0. The van der Waals surface area contributed by atoms with Crippen LogP contribution in [0.3, 0.4) is 0 Å². The van der Waals surface area contributed by atoms with Crippen molar-refractivity contribution in [3.63, 3.8) is 0 Å². The van der Waals surface area contributed by atoms with E-state index in [9.17, 15) is 0 Å². The maximum atomic E-state index is 4.39. The number of fused-ring (bicyclic) bond motifs is 1. The number of benzene rings is 1. The molecule has 4 heteroatoms. The summed E-state index contributed by atoms with van der Waals surface area (Å²) in [6.45, 7) is 16.2. The van der Waals surface area contributed by atoms with Crippen molar-refractivity contribution in [3.05, 3.63) is 127 Å². The summed E-state index contributed by atoms with van der Waals surface area (Å²) in [5.74, 6) is 0. The summed E-state index contributed by atoms with van der Waals surface area (Å²) in [5.41, 5.74) is 5.96. The van der Waals surface area contributed by atoms with Gasteiger partial charge in [-0.2, -0.15) is 0 Å². The van der Waals surface area contributed by atoms with E-state index in [4.69, 9.17) is 0 Å². The zero-order valence-corrected chi connectivity index (χ0v) is 21.8. The lowest BCUT2D eigenvalue weighted by molar-refractivity contribution is 0.638. The predicted octanol–water partition coefficient (Wildman–Crippen LogP) is 8.58. The second-order valence-electron chi connectivity index (χ2n) is 7.73. The molecule has 3 heterocycles. The third-order valence-electron chi connectivity index (χ3n) is 5.24. The molecule has 0 atom stereocenters. The van der Waals surface area contributed by atoms with Crippen LogP contribution >= 0.6 is 11.8 Å². The van der Waals surface area contributed by atoms with Crippen molar-refractivity contribution in [2.24, 2.45) is 0 Å². The van der Waals surface area contributed by atoms with Gasteiger partial charge < -0.3 is 9.30 Å². The van der Waals surface area contributed by atoms with Crippen LogP contribution in [0.15, 0.2) is 120 Å². The fourth-order valence-electron chi connectivity index (χ4n) is 3.10. The molecule has 2 aromatic heterocycles. The Kier molecular flexibility index (Phi) is 11.8. The Bertz CT molecular complexity index is 1120. The number of hydrogen-bond acceptors (Lipinski definition) is 3. The van der Waals surface area contributed by atoms with Crippen LogP contribution in [0.2, 0.25) is 0 Å². The molecule has 0 saturated carbocycles. The number of thioether (sulfide) groups is 1. The van der Waals surface area contributed by atoms with Gasteiger partial charge in [0.2, 0.25) is 0 Å². The molecule has 0 unspecified atom stereocenters. The summed E-state index contributed by atoms with van der Waals surface area (Å²) in [5, 5.41) is 1.87. The van der Waals surface area contributed by atoms with Crippen LogP contribution in [0.25, 0.3) is 5.65 Å². The molecule has 0 fully saturated rings. The topological polar surface area (TPSA) is 20.5 Å². The highest BCUT2D eigenvalue weighted by Gasteiger charge is 2.00. The Morgan fingerprint density at radius 1 is 1.03 bits per heavy atom. The molecule has 0 saturated heterocycles. The van der Waals surface area contributed by atoms with E-state index in [0.717, 1.165) is 36.3 Å². The van der Waals surface area contributed by atoms with Crippen LogP contribution in [0.4, 0.5) is 0 Å². The summed E-state index contributed by atoms with van der Waals surface area (Å²) in [4.78, 5) is 7.76. The van der Waals surface area contributed by atoms with Crippen LogP contribution in [0, 0.1) is 0 Å². The molecule has 4 rings (SSSR count). The first-order valence-corrected chi connectivity index (χ1v) is 12.7. The van der Waals surface area contributed by atoms with Gasteiger partial charge in [-0.05, 0) is 67.5 Å². The van der Waals surface area contributed by atoms with Gasteiger partial charge in [0, 0.05) is 35.4 Å². The largest absolute Gasteiger partial charge is 0.325 e. The number of aryl methyl sites for hydroxylation is 2. The van der Waals surface area contributed by atoms with E-state index in [1.165, 1.54) is 16.0 Å². The Morgan fingerprint density at radius 2 is 1.79 bits per heavy atom. The van der Waals surface area contributed by atoms with Gasteiger partial charge in [0.05, 0.1) is 5.69 Å². The van der Waals surface area contributed by atoms with Gasteiger partial charge in [-0.3, -0.25) is 0 Å². The molecule has 178 valence electrons. The molecule has 3 nitrogen and oxygen atoms in total. The molecule has 3 aromatic rings. The molecule has 0 amide bonds. The summed E-state index contributed by atoms with van der Waals surface area (Å²) in [6, 6.07) is 14.4. The lowest BCUT2D eigenvalue weighted by atomic mass is 10.2. The second kappa shape index (κ2) is 14.8. The van der Waals surface area contributed by atoms with Crippen LogP contribution in [-0.4, -0.2) is 14.3 Å². The standard InChI is InChI=1S/C11H15N.C10H12S.C9H10N2/c1-4-10(2)9-12-8-6-5-7-11(12)3;1-3-9-7-5-6-8-10(9)11-4-2;1-2-8-7-11-6-4-3-5-9(11)10-8/h5-9H,3-4H2,1-2H3;4-8H,2-3H2,1H3;3-7H,2H2,1H3/b10-9+;;. The smallest absolute Gasteiger partial charge is 0.136 e. The normalized spacial score (nSPS) is 12.6. The fourth-order valence-corrected chi connectivity index (χ4v) is 3.80. The van der Waals surface area contributed by atoms with E-state index < -0.39 is 0 Å². The minimum absolute atomic E-state index is 1.00. The second-order valence-corrected chi connectivity index (χ2v) is 8.73. The summed E-state index contributed by atoms with van der Waals surface area (Å²) >= 11 is 1.69. The highest BCUT2D eigenvalue weighted by Crippen LogP contribution is 2.23. The molecular formula is C30H37N3S. The average molecular weight is 472 g/mol. The molecular weight excluding hydrogens is 434 g/mol. The molecule has 0 spiro atoms.